The van der Waals surface area contributed by atoms with Gasteiger partial charge < -0.3 is 20.1 Å². The summed E-state index contributed by atoms with van der Waals surface area (Å²) < 4.78 is 2.39. The minimum absolute atomic E-state index is 0.0854. The Morgan fingerprint density at radius 2 is 1.77 bits per heavy atom. The van der Waals surface area contributed by atoms with E-state index in [0.717, 1.165) is 22.5 Å². The lowest BCUT2D eigenvalue weighted by Crippen LogP contribution is -2.20. The molecule has 190 valence electrons. The van der Waals surface area contributed by atoms with Gasteiger partial charge in [-0.05, 0) is 80.9 Å². The molecule has 0 amide bonds. The highest BCUT2D eigenvalue weighted by atomic mass is 32.1. The number of hydrogen-bond donors (Lipinski definition) is 3. The highest BCUT2D eigenvalue weighted by Gasteiger charge is 2.17. The van der Waals surface area contributed by atoms with Gasteiger partial charge in [0.05, 0.1) is 4.99 Å². The molecule has 0 aliphatic heterocycles. The lowest BCUT2D eigenvalue weighted by atomic mass is 9.95. The zero-order valence-electron chi connectivity index (χ0n) is 22.5. The summed E-state index contributed by atoms with van der Waals surface area (Å²) in [7, 11) is 4.06. The molecule has 1 aliphatic carbocycles. The average Bonchev–Trinajstić information content (AvgIpc) is 3.10. The van der Waals surface area contributed by atoms with Crippen LogP contribution in [0.4, 0.5) is 0 Å². The highest BCUT2D eigenvalue weighted by Crippen LogP contribution is 2.32. The Morgan fingerprint density at radius 3 is 2.31 bits per heavy atom. The second kappa shape index (κ2) is 12.8. The van der Waals surface area contributed by atoms with Crippen LogP contribution < -0.4 is 5.32 Å². The Hall–Kier alpha value is -2.79. The molecule has 0 atom stereocenters. The number of hydrogen-bond acceptors (Lipinski definition) is 3. The van der Waals surface area contributed by atoms with Crippen LogP contribution in [0.5, 0.6) is 11.5 Å². The van der Waals surface area contributed by atoms with E-state index in [9.17, 15) is 10.2 Å². The van der Waals surface area contributed by atoms with Crippen LogP contribution >= 0.6 is 12.2 Å². The van der Waals surface area contributed by atoms with E-state index in [4.69, 9.17) is 12.2 Å². The number of aromatic nitrogens is 1. The van der Waals surface area contributed by atoms with Gasteiger partial charge in [-0.3, -0.25) is 0 Å². The molecule has 35 heavy (non-hydrogen) atoms. The molecular weight excluding hydrogens is 452 g/mol. The summed E-state index contributed by atoms with van der Waals surface area (Å²) in [6.07, 6.45) is 6.00. The second-order valence-electron chi connectivity index (χ2n) is 9.61. The maximum absolute atomic E-state index is 9.46. The van der Waals surface area contributed by atoms with E-state index in [2.05, 4.69) is 62.5 Å². The van der Waals surface area contributed by atoms with E-state index in [-0.39, 0.29) is 11.5 Å². The van der Waals surface area contributed by atoms with Crippen molar-refractivity contribution in [1.82, 2.24) is 9.88 Å². The van der Waals surface area contributed by atoms with Gasteiger partial charge >= 0.3 is 0 Å². The number of aromatic hydroxyl groups is 2. The minimum atomic E-state index is 0.0854. The summed E-state index contributed by atoms with van der Waals surface area (Å²) in [5.41, 5.74) is 8.30. The normalized spacial score (nSPS) is 12.2. The number of fused-ring (bicyclic) bond motifs is 3. The number of rotatable bonds is 3. The Morgan fingerprint density at radius 1 is 1.11 bits per heavy atom. The first-order valence-corrected chi connectivity index (χ1v) is 12.9. The SMILES string of the molecule is C=C(C)c1cc(CC)c(O)cc1O.CNC(=S)C(C)C.Cc1ccc2c(c1)c1c(n2C)CCCC1. The third kappa shape index (κ3) is 7.11. The van der Waals surface area contributed by atoms with Crippen molar-refractivity contribution < 1.29 is 10.2 Å². The Kier molecular flexibility index (Phi) is 10.4. The van der Waals surface area contributed by atoms with Crippen LogP contribution in [0.3, 0.4) is 0 Å². The van der Waals surface area contributed by atoms with Crippen molar-refractivity contribution in [3.8, 4) is 11.5 Å². The van der Waals surface area contributed by atoms with Crippen LogP contribution in [0.1, 0.15) is 68.5 Å². The van der Waals surface area contributed by atoms with Gasteiger partial charge in [0.2, 0.25) is 0 Å². The third-order valence-electron chi connectivity index (χ3n) is 6.49. The van der Waals surface area contributed by atoms with Crippen LogP contribution in [0.2, 0.25) is 0 Å². The molecule has 0 radical (unpaired) electrons. The lowest BCUT2D eigenvalue weighted by Gasteiger charge is -2.12. The molecule has 0 saturated heterocycles. The lowest BCUT2D eigenvalue weighted by molar-refractivity contribution is 0.445. The predicted octanol–water partition coefficient (Wildman–Crippen LogP) is 7.25. The first-order chi connectivity index (χ1) is 16.5. The molecule has 0 unspecified atom stereocenters. The number of thiocarbonyl (C=S) groups is 1. The van der Waals surface area contributed by atoms with Crippen molar-refractivity contribution in [2.75, 3.05) is 7.05 Å². The number of allylic oxidation sites excluding steroid dienone is 1. The van der Waals surface area contributed by atoms with Crippen LogP contribution in [0, 0.1) is 12.8 Å². The molecular formula is C30H42N2O2S. The van der Waals surface area contributed by atoms with E-state index < -0.39 is 0 Å². The standard InChI is InChI=1S/C14H17N.C11H14O2.C5H11NS/c1-10-7-8-14-12(9-10)11-5-3-4-6-13(11)15(14)2;1-4-8-5-9(7(2)3)11(13)6-10(8)12;1-4(2)5(7)6-3/h7-9H,3-6H2,1-2H3;5-6,12-13H,2,4H2,1,3H3;4H,1-3H3,(H,6,7). The van der Waals surface area contributed by atoms with Crippen molar-refractivity contribution in [2.45, 2.75) is 66.7 Å². The number of nitrogens with one attached hydrogen (secondary N) is 1. The molecule has 1 aromatic heterocycles. The maximum Gasteiger partial charge on any atom is 0.126 e. The highest BCUT2D eigenvalue weighted by molar-refractivity contribution is 7.80. The number of nitrogens with zero attached hydrogens (tertiary/aromatic N) is 1. The van der Waals surface area contributed by atoms with Gasteiger partial charge in [0, 0.05) is 48.2 Å². The van der Waals surface area contributed by atoms with E-state index >= 15 is 0 Å². The predicted molar refractivity (Wildman–Crippen MR) is 155 cm³/mol. The van der Waals surface area contributed by atoms with E-state index in [1.807, 2.05) is 20.9 Å². The fraction of sp³-hybridized carbons (Fsp3) is 0.433. The molecule has 5 heteroatoms. The fourth-order valence-corrected chi connectivity index (χ4v) is 4.41. The van der Waals surface area contributed by atoms with E-state index in [1.165, 1.54) is 48.2 Å². The molecule has 1 aliphatic rings. The first-order valence-electron chi connectivity index (χ1n) is 12.5. The van der Waals surface area contributed by atoms with Crippen molar-refractivity contribution >= 4 is 33.7 Å². The van der Waals surface area contributed by atoms with Crippen molar-refractivity contribution in [3.05, 3.63) is 64.9 Å². The molecule has 0 spiro atoms. The summed E-state index contributed by atoms with van der Waals surface area (Å²) in [5, 5.41) is 23.3. The number of aryl methyl sites for hydroxylation is 4. The monoisotopic (exact) mass is 494 g/mol. The summed E-state index contributed by atoms with van der Waals surface area (Å²) in [6, 6.07) is 9.96. The Bertz CT molecular complexity index is 1190. The quantitative estimate of drug-likeness (QED) is 0.336. The van der Waals surface area contributed by atoms with E-state index in [0.29, 0.717) is 11.5 Å². The number of phenols is 2. The van der Waals surface area contributed by atoms with Crippen LogP contribution in [0.15, 0.2) is 36.9 Å². The smallest absolute Gasteiger partial charge is 0.126 e. The molecule has 0 fully saturated rings. The summed E-state index contributed by atoms with van der Waals surface area (Å²) in [6.45, 7) is 13.8. The average molecular weight is 495 g/mol. The maximum atomic E-state index is 9.46. The van der Waals surface area contributed by atoms with Crippen molar-refractivity contribution in [3.63, 3.8) is 0 Å². The van der Waals surface area contributed by atoms with Crippen molar-refractivity contribution in [2.24, 2.45) is 13.0 Å². The van der Waals surface area contributed by atoms with E-state index in [1.54, 1.807) is 17.3 Å². The molecule has 1 heterocycles. The Labute approximate surface area is 216 Å². The van der Waals surface area contributed by atoms with Crippen LogP contribution in [-0.4, -0.2) is 26.8 Å². The number of phenolic OH excluding ortho intramolecular Hbond substituents is 2. The second-order valence-corrected chi connectivity index (χ2v) is 10.1. The largest absolute Gasteiger partial charge is 0.508 e. The van der Waals surface area contributed by atoms with Gasteiger partial charge in [-0.25, -0.2) is 0 Å². The van der Waals surface area contributed by atoms with Crippen LogP contribution in [-0.2, 0) is 26.3 Å². The zero-order chi connectivity index (χ0) is 26.3. The summed E-state index contributed by atoms with van der Waals surface area (Å²) in [4.78, 5) is 0.931. The molecule has 3 N–H and O–H groups in total. The van der Waals surface area contributed by atoms with Crippen molar-refractivity contribution in [1.29, 1.82) is 0 Å². The Balaban J connectivity index is 0.000000199. The molecule has 2 aromatic carbocycles. The van der Waals surface area contributed by atoms with Gasteiger partial charge in [0.25, 0.3) is 0 Å². The number of benzene rings is 2. The molecule has 0 saturated carbocycles. The fourth-order valence-electron chi connectivity index (χ4n) is 4.41. The van der Waals surface area contributed by atoms with Crippen LogP contribution in [0.25, 0.3) is 16.5 Å². The van der Waals surface area contributed by atoms with Gasteiger partial charge in [0.15, 0.2) is 0 Å². The molecule has 4 nitrogen and oxygen atoms in total. The minimum Gasteiger partial charge on any atom is -0.508 e. The third-order valence-corrected chi connectivity index (χ3v) is 7.17. The summed E-state index contributed by atoms with van der Waals surface area (Å²) >= 11 is 4.87. The first kappa shape index (κ1) is 28.4. The van der Waals surface area contributed by atoms with Gasteiger partial charge in [0.1, 0.15) is 11.5 Å². The van der Waals surface area contributed by atoms with Gasteiger partial charge in [-0.2, -0.15) is 0 Å². The molecule has 4 rings (SSSR count). The zero-order valence-corrected chi connectivity index (χ0v) is 23.3. The molecule has 3 aromatic rings. The van der Waals surface area contributed by atoms with Gasteiger partial charge in [-0.15, -0.1) is 0 Å². The van der Waals surface area contributed by atoms with Gasteiger partial charge in [-0.1, -0.05) is 51.2 Å². The topological polar surface area (TPSA) is 57.4 Å². The summed E-state index contributed by atoms with van der Waals surface area (Å²) in [5.74, 6) is 0.715. The molecule has 0 bridgehead atoms.